The summed E-state index contributed by atoms with van der Waals surface area (Å²) in [4.78, 5) is 7.09. The van der Waals surface area contributed by atoms with Gasteiger partial charge >= 0.3 is 0 Å². The fourth-order valence-electron chi connectivity index (χ4n) is 3.21. The third-order valence-electron chi connectivity index (χ3n) is 4.34. The highest BCUT2D eigenvalue weighted by Gasteiger charge is 2.32. The first-order valence-electron chi connectivity index (χ1n) is 7.78. The summed E-state index contributed by atoms with van der Waals surface area (Å²) < 4.78 is 16.8. The maximum absolute atomic E-state index is 5.77. The minimum atomic E-state index is -0.108. The van der Waals surface area contributed by atoms with Gasteiger partial charge in [-0.05, 0) is 38.3 Å². The Bertz CT molecular complexity index is 653. The van der Waals surface area contributed by atoms with Gasteiger partial charge in [0, 0.05) is 23.8 Å². The summed E-state index contributed by atoms with van der Waals surface area (Å²) in [6.45, 7) is 6.49. The molecule has 2 aromatic heterocycles. The van der Waals surface area contributed by atoms with Crippen LogP contribution in [0.5, 0.6) is 0 Å². The summed E-state index contributed by atoms with van der Waals surface area (Å²) in [6.07, 6.45) is 2.87. The van der Waals surface area contributed by atoms with Crippen molar-refractivity contribution in [2.24, 2.45) is 0 Å². The molecule has 4 rings (SSSR count). The molecule has 2 aliphatic rings. The third-order valence-corrected chi connectivity index (χ3v) is 5.57. The zero-order valence-corrected chi connectivity index (χ0v) is 13.7. The molecule has 2 aliphatic heterocycles. The number of aromatic nitrogens is 2. The van der Waals surface area contributed by atoms with E-state index in [0.717, 1.165) is 43.2 Å². The Kier molecular flexibility index (Phi) is 3.55. The molecule has 5 nitrogen and oxygen atoms in total. The predicted molar refractivity (Wildman–Crippen MR) is 83.0 cm³/mol. The van der Waals surface area contributed by atoms with Crippen LogP contribution in [0.3, 0.4) is 0 Å². The van der Waals surface area contributed by atoms with Crippen molar-refractivity contribution in [3.63, 3.8) is 0 Å². The van der Waals surface area contributed by atoms with Gasteiger partial charge in [-0.2, -0.15) is 4.98 Å². The van der Waals surface area contributed by atoms with Gasteiger partial charge in [-0.3, -0.25) is 0 Å². The van der Waals surface area contributed by atoms with E-state index in [9.17, 15) is 0 Å². The summed E-state index contributed by atoms with van der Waals surface area (Å²) in [5.41, 5.74) is 1.15. The molecule has 0 spiro atoms. The van der Waals surface area contributed by atoms with Crippen molar-refractivity contribution >= 4 is 11.3 Å². The van der Waals surface area contributed by atoms with Crippen molar-refractivity contribution in [1.82, 2.24) is 10.1 Å². The topological polar surface area (TPSA) is 57.4 Å². The summed E-state index contributed by atoms with van der Waals surface area (Å²) in [7, 11) is 0. The normalized spacial score (nSPS) is 24.2. The van der Waals surface area contributed by atoms with Crippen molar-refractivity contribution in [3.8, 4) is 10.8 Å². The molecule has 0 amide bonds. The van der Waals surface area contributed by atoms with Gasteiger partial charge in [-0.25, -0.2) is 0 Å². The molecular formula is C16H20N2O3S. The minimum absolute atomic E-state index is 0.108. The maximum atomic E-state index is 5.77. The molecule has 4 heterocycles. The van der Waals surface area contributed by atoms with Crippen LogP contribution in [0, 0.1) is 0 Å². The average Bonchev–Trinajstić information content (AvgIpc) is 3.13. The van der Waals surface area contributed by atoms with Gasteiger partial charge in [-0.15, -0.1) is 11.3 Å². The molecule has 1 atom stereocenters. The van der Waals surface area contributed by atoms with E-state index in [1.807, 2.05) is 0 Å². The minimum Gasteiger partial charge on any atom is -0.376 e. The Morgan fingerprint density at radius 2 is 2.23 bits per heavy atom. The Labute approximate surface area is 133 Å². The summed E-state index contributed by atoms with van der Waals surface area (Å²) in [5, 5.41) is 4.22. The quantitative estimate of drug-likeness (QED) is 0.847. The predicted octanol–water partition coefficient (Wildman–Crippen LogP) is 3.54. The molecule has 2 aromatic rings. The zero-order chi connectivity index (χ0) is 15.2. The first-order chi connectivity index (χ1) is 10.6. The van der Waals surface area contributed by atoms with Crippen LogP contribution in [0.15, 0.2) is 10.6 Å². The van der Waals surface area contributed by atoms with Gasteiger partial charge in [0.25, 0.3) is 5.89 Å². The Morgan fingerprint density at radius 1 is 1.32 bits per heavy atom. The standard InChI is InChI=1S/C16H20N2O3S/c1-16(2)8-10(3-6-20-16)14-17-15(21-18-14)13-7-11-9-19-5-4-12(11)22-13/h7,10H,3-6,8-9H2,1-2H3. The Hall–Kier alpha value is -1.24. The maximum Gasteiger partial charge on any atom is 0.268 e. The lowest BCUT2D eigenvalue weighted by Gasteiger charge is -2.34. The highest BCUT2D eigenvalue weighted by Crippen LogP contribution is 2.37. The highest BCUT2D eigenvalue weighted by atomic mass is 32.1. The molecule has 118 valence electrons. The fraction of sp³-hybridized carbons (Fsp3) is 0.625. The van der Waals surface area contributed by atoms with Crippen LogP contribution in [0.1, 0.15) is 48.9 Å². The van der Waals surface area contributed by atoms with Crippen molar-refractivity contribution in [1.29, 1.82) is 0 Å². The smallest absolute Gasteiger partial charge is 0.268 e. The number of thiophene rings is 1. The molecule has 0 radical (unpaired) electrons. The molecule has 22 heavy (non-hydrogen) atoms. The molecule has 6 heteroatoms. The van der Waals surface area contributed by atoms with Crippen molar-refractivity contribution in [2.75, 3.05) is 13.2 Å². The van der Waals surface area contributed by atoms with Crippen LogP contribution in [-0.2, 0) is 22.5 Å². The lowest BCUT2D eigenvalue weighted by Crippen LogP contribution is -2.33. The molecule has 1 saturated heterocycles. The molecule has 0 N–H and O–H groups in total. The summed E-state index contributed by atoms with van der Waals surface area (Å²) in [6, 6.07) is 2.13. The monoisotopic (exact) mass is 320 g/mol. The fourth-order valence-corrected chi connectivity index (χ4v) is 4.28. The SMILES string of the molecule is CC1(C)CC(c2noc(-c3cc4c(s3)CCOC4)n2)CCO1. The van der Waals surface area contributed by atoms with Gasteiger partial charge in [0.2, 0.25) is 0 Å². The molecule has 1 unspecified atom stereocenters. The summed E-state index contributed by atoms with van der Waals surface area (Å²) >= 11 is 1.75. The largest absolute Gasteiger partial charge is 0.376 e. The second-order valence-electron chi connectivity index (χ2n) is 6.62. The van der Waals surface area contributed by atoms with Crippen LogP contribution in [0.25, 0.3) is 10.8 Å². The molecule has 0 saturated carbocycles. The van der Waals surface area contributed by atoms with Crippen molar-refractivity contribution in [2.45, 2.75) is 51.2 Å². The molecule has 1 fully saturated rings. The van der Waals surface area contributed by atoms with E-state index < -0.39 is 0 Å². The van der Waals surface area contributed by atoms with E-state index in [1.165, 1.54) is 10.4 Å². The average molecular weight is 320 g/mol. The van der Waals surface area contributed by atoms with E-state index in [4.69, 9.17) is 14.0 Å². The first-order valence-corrected chi connectivity index (χ1v) is 8.60. The number of fused-ring (bicyclic) bond motifs is 1. The third kappa shape index (κ3) is 2.71. The first kappa shape index (κ1) is 14.4. The zero-order valence-electron chi connectivity index (χ0n) is 12.9. The van der Waals surface area contributed by atoms with Gasteiger partial charge in [-0.1, -0.05) is 5.16 Å². The van der Waals surface area contributed by atoms with E-state index in [2.05, 4.69) is 30.1 Å². The van der Waals surface area contributed by atoms with Gasteiger partial charge < -0.3 is 14.0 Å². The van der Waals surface area contributed by atoms with Gasteiger partial charge in [0.15, 0.2) is 5.82 Å². The number of hydrogen-bond acceptors (Lipinski definition) is 6. The number of nitrogens with zero attached hydrogens (tertiary/aromatic N) is 2. The van der Waals surface area contributed by atoms with Crippen LogP contribution in [0.4, 0.5) is 0 Å². The molecule has 0 aliphatic carbocycles. The second-order valence-corrected chi connectivity index (χ2v) is 7.75. The molecule has 0 bridgehead atoms. The van der Waals surface area contributed by atoms with Crippen molar-refractivity contribution in [3.05, 3.63) is 22.3 Å². The van der Waals surface area contributed by atoms with Crippen LogP contribution < -0.4 is 0 Å². The molecular weight excluding hydrogens is 300 g/mol. The van der Waals surface area contributed by atoms with Crippen LogP contribution >= 0.6 is 11.3 Å². The lowest BCUT2D eigenvalue weighted by molar-refractivity contribution is -0.0604. The lowest BCUT2D eigenvalue weighted by atomic mass is 9.88. The Morgan fingerprint density at radius 3 is 3.05 bits per heavy atom. The van der Waals surface area contributed by atoms with E-state index in [0.29, 0.717) is 18.4 Å². The van der Waals surface area contributed by atoms with E-state index in [-0.39, 0.29) is 5.60 Å². The van der Waals surface area contributed by atoms with Crippen LogP contribution in [0.2, 0.25) is 0 Å². The van der Waals surface area contributed by atoms with E-state index in [1.54, 1.807) is 11.3 Å². The summed E-state index contributed by atoms with van der Waals surface area (Å²) in [5.74, 6) is 1.77. The molecule has 0 aromatic carbocycles. The van der Waals surface area contributed by atoms with Gasteiger partial charge in [0.05, 0.1) is 23.7 Å². The highest BCUT2D eigenvalue weighted by molar-refractivity contribution is 7.15. The second kappa shape index (κ2) is 5.44. The number of hydrogen-bond donors (Lipinski definition) is 0. The van der Waals surface area contributed by atoms with Crippen molar-refractivity contribution < 1.29 is 14.0 Å². The number of rotatable bonds is 2. The number of ether oxygens (including phenoxy) is 2. The van der Waals surface area contributed by atoms with Crippen LogP contribution in [-0.4, -0.2) is 29.0 Å². The van der Waals surface area contributed by atoms with E-state index >= 15 is 0 Å². The van der Waals surface area contributed by atoms with Gasteiger partial charge in [0.1, 0.15) is 0 Å². The Balaban J connectivity index is 1.57.